The molecule has 0 bridgehead atoms. The zero-order chi connectivity index (χ0) is 16.6. The van der Waals surface area contributed by atoms with Crippen LogP contribution in [0.1, 0.15) is 23.3 Å². The molecule has 2 aromatic heterocycles. The number of anilines is 1. The molecule has 1 aliphatic rings. The van der Waals surface area contributed by atoms with Crippen LogP contribution in [-0.2, 0) is 17.1 Å². The molecule has 1 aliphatic heterocycles. The number of piperidine rings is 1. The van der Waals surface area contributed by atoms with E-state index < -0.39 is 10.0 Å². The third kappa shape index (κ3) is 3.44. The van der Waals surface area contributed by atoms with E-state index in [1.807, 2.05) is 37.7 Å². The Morgan fingerprint density at radius 3 is 2.52 bits per heavy atom. The first-order valence-corrected chi connectivity index (χ1v) is 9.98. The maximum absolute atomic E-state index is 12.6. The molecule has 0 atom stereocenters. The number of hydrogen-bond acceptors (Lipinski definition) is 5. The van der Waals surface area contributed by atoms with Gasteiger partial charge in [-0.15, -0.1) is 11.3 Å². The van der Waals surface area contributed by atoms with E-state index in [9.17, 15) is 8.42 Å². The number of sulfonamides is 1. The van der Waals surface area contributed by atoms with Gasteiger partial charge in [-0.1, -0.05) is 0 Å². The lowest BCUT2D eigenvalue weighted by molar-refractivity contribution is 0.455. The van der Waals surface area contributed by atoms with Gasteiger partial charge in [0.15, 0.2) is 0 Å². The summed E-state index contributed by atoms with van der Waals surface area (Å²) in [7, 11) is -1.45. The van der Waals surface area contributed by atoms with Crippen LogP contribution in [0, 0.1) is 13.8 Å². The summed E-state index contributed by atoms with van der Waals surface area (Å²) < 4.78 is 30.4. The lowest BCUT2D eigenvalue weighted by atomic mass is 10.1. The van der Waals surface area contributed by atoms with Crippen LogP contribution in [0.25, 0.3) is 0 Å². The Bertz CT molecular complexity index is 786. The van der Waals surface area contributed by atoms with E-state index in [4.69, 9.17) is 0 Å². The smallest absolute Gasteiger partial charge is 0.250 e. The molecule has 3 rings (SSSR count). The summed E-state index contributed by atoms with van der Waals surface area (Å²) in [5, 5.41) is 0. The van der Waals surface area contributed by atoms with Gasteiger partial charge in [0.25, 0.3) is 10.0 Å². The van der Waals surface area contributed by atoms with Crippen molar-refractivity contribution in [2.75, 3.05) is 18.0 Å². The topological polar surface area (TPSA) is 67.2 Å². The van der Waals surface area contributed by atoms with Crippen molar-refractivity contribution in [1.82, 2.24) is 14.3 Å². The molecule has 23 heavy (non-hydrogen) atoms. The van der Waals surface area contributed by atoms with Crippen molar-refractivity contribution in [2.24, 2.45) is 7.05 Å². The summed E-state index contributed by atoms with van der Waals surface area (Å²) in [6, 6.07) is 1.90. The number of nitrogens with zero attached hydrogens (tertiary/aromatic N) is 3. The van der Waals surface area contributed by atoms with Gasteiger partial charge in [0.2, 0.25) is 5.95 Å². The van der Waals surface area contributed by atoms with Gasteiger partial charge in [-0.3, -0.25) is 0 Å². The monoisotopic (exact) mass is 354 g/mol. The number of aryl methyl sites for hydroxylation is 3. The van der Waals surface area contributed by atoms with Gasteiger partial charge in [0, 0.05) is 43.4 Å². The van der Waals surface area contributed by atoms with Crippen LogP contribution < -0.4 is 9.62 Å². The maximum Gasteiger partial charge on any atom is 0.250 e. The van der Waals surface area contributed by atoms with E-state index in [1.165, 1.54) is 11.3 Å². The Morgan fingerprint density at radius 2 is 2.00 bits per heavy atom. The van der Waals surface area contributed by atoms with E-state index in [-0.39, 0.29) is 6.04 Å². The summed E-state index contributed by atoms with van der Waals surface area (Å²) in [5.74, 6) is 0.941. The Kier molecular flexibility index (Phi) is 4.48. The Hall–Kier alpha value is -1.38. The third-order valence-electron chi connectivity index (χ3n) is 4.13. The molecule has 0 aliphatic carbocycles. The van der Waals surface area contributed by atoms with Crippen molar-refractivity contribution in [3.63, 3.8) is 0 Å². The minimum absolute atomic E-state index is 0.0154. The average Bonchev–Trinajstić information content (AvgIpc) is 3.05. The minimum atomic E-state index is -3.42. The van der Waals surface area contributed by atoms with Gasteiger partial charge < -0.3 is 9.47 Å². The highest BCUT2D eigenvalue weighted by molar-refractivity contribution is 7.91. The van der Waals surface area contributed by atoms with Gasteiger partial charge in [-0.25, -0.2) is 18.1 Å². The Labute approximate surface area is 141 Å². The van der Waals surface area contributed by atoms with Crippen molar-refractivity contribution < 1.29 is 8.42 Å². The number of aromatic nitrogens is 2. The van der Waals surface area contributed by atoms with Crippen molar-refractivity contribution in [3.8, 4) is 0 Å². The zero-order valence-electron chi connectivity index (χ0n) is 13.6. The van der Waals surface area contributed by atoms with Crippen molar-refractivity contribution in [2.45, 2.75) is 36.9 Å². The predicted octanol–water partition coefficient (Wildman–Crippen LogP) is 2.05. The molecule has 0 aromatic carbocycles. The highest BCUT2D eigenvalue weighted by atomic mass is 32.2. The average molecular weight is 355 g/mol. The molecule has 1 N–H and O–H groups in total. The molecule has 1 fully saturated rings. The first-order valence-electron chi connectivity index (χ1n) is 7.68. The predicted molar refractivity (Wildman–Crippen MR) is 92.6 cm³/mol. The SMILES string of the molecule is Cc1cc(C)c(S(=O)(=O)NC2CCN(c3nccn3C)CC2)s1. The van der Waals surface area contributed by atoms with E-state index in [2.05, 4.69) is 14.6 Å². The van der Waals surface area contributed by atoms with E-state index in [1.54, 1.807) is 6.20 Å². The molecule has 2 aromatic rings. The number of imidazole rings is 1. The Morgan fingerprint density at radius 1 is 1.30 bits per heavy atom. The molecule has 8 heteroatoms. The molecule has 0 unspecified atom stereocenters. The van der Waals surface area contributed by atoms with Crippen molar-refractivity contribution >= 4 is 27.3 Å². The Balaban J connectivity index is 1.64. The van der Waals surface area contributed by atoms with Crippen LogP contribution in [0.5, 0.6) is 0 Å². The second-order valence-electron chi connectivity index (χ2n) is 6.05. The van der Waals surface area contributed by atoms with Crippen LogP contribution in [0.4, 0.5) is 5.95 Å². The standard InChI is InChI=1S/C15H22N4O2S2/c1-11-10-12(2)22-14(11)23(20,21)17-13-4-7-19(8-5-13)15-16-6-9-18(15)3/h6,9-10,13,17H,4-5,7-8H2,1-3H3. The van der Waals surface area contributed by atoms with Gasteiger partial charge in [-0.05, 0) is 38.3 Å². The molecule has 6 nitrogen and oxygen atoms in total. The maximum atomic E-state index is 12.6. The normalized spacial score (nSPS) is 16.9. The van der Waals surface area contributed by atoms with Crippen LogP contribution >= 0.6 is 11.3 Å². The van der Waals surface area contributed by atoms with Gasteiger partial charge in [0.05, 0.1) is 0 Å². The van der Waals surface area contributed by atoms with Crippen LogP contribution in [0.3, 0.4) is 0 Å². The van der Waals surface area contributed by atoms with Crippen molar-refractivity contribution in [3.05, 3.63) is 28.9 Å². The molecule has 0 saturated carbocycles. The fraction of sp³-hybridized carbons (Fsp3) is 0.533. The van der Waals surface area contributed by atoms with Crippen LogP contribution in [0.15, 0.2) is 22.7 Å². The molecule has 0 amide bonds. The molecule has 1 saturated heterocycles. The summed E-state index contributed by atoms with van der Waals surface area (Å²) in [5.41, 5.74) is 0.824. The third-order valence-corrected chi connectivity index (χ3v) is 7.44. The fourth-order valence-corrected chi connectivity index (χ4v) is 6.01. The van der Waals surface area contributed by atoms with E-state index >= 15 is 0 Å². The summed E-state index contributed by atoms with van der Waals surface area (Å²) >= 11 is 1.34. The molecule has 0 spiro atoms. The summed E-state index contributed by atoms with van der Waals surface area (Å²) in [4.78, 5) is 7.57. The molecule has 3 heterocycles. The van der Waals surface area contributed by atoms with Crippen LogP contribution in [-0.4, -0.2) is 37.1 Å². The lowest BCUT2D eigenvalue weighted by Gasteiger charge is -2.32. The van der Waals surface area contributed by atoms with Gasteiger partial charge in [-0.2, -0.15) is 0 Å². The highest BCUT2D eigenvalue weighted by Gasteiger charge is 2.27. The molecular formula is C15H22N4O2S2. The van der Waals surface area contributed by atoms with E-state index in [0.717, 1.165) is 42.3 Å². The highest BCUT2D eigenvalue weighted by Crippen LogP contribution is 2.27. The summed E-state index contributed by atoms with van der Waals surface area (Å²) in [6.45, 7) is 5.39. The first-order chi connectivity index (χ1) is 10.9. The second kappa shape index (κ2) is 6.26. The van der Waals surface area contributed by atoms with Crippen molar-refractivity contribution in [1.29, 1.82) is 0 Å². The first kappa shape index (κ1) is 16.5. The van der Waals surface area contributed by atoms with E-state index in [0.29, 0.717) is 4.21 Å². The largest absolute Gasteiger partial charge is 0.342 e. The molecule has 126 valence electrons. The number of hydrogen-bond donors (Lipinski definition) is 1. The number of nitrogens with one attached hydrogen (secondary N) is 1. The minimum Gasteiger partial charge on any atom is -0.342 e. The number of rotatable bonds is 4. The molecular weight excluding hydrogens is 332 g/mol. The summed E-state index contributed by atoms with van der Waals surface area (Å²) in [6.07, 6.45) is 5.28. The lowest BCUT2D eigenvalue weighted by Crippen LogP contribution is -2.45. The zero-order valence-corrected chi connectivity index (χ0v) is 15.2. The number of thiophene rings is 1. The van der Waals surface area contributed by atoms with Crippen LogP contribution in [0.2, 0.25) is 0 Å². The fourth-order valence-electron chi connectivity index (χ4n) is 3.02. The van der Waals surface area contributed by atoms with Gasteiger partial charge >= 0.3 is 0 Å². The second-order valence-corrected chi connectivity index (χ2v) is 9.21. The van der Waals surface area contributed by atoms with Gasteiger partial charge in [0.1, 0.15) is 4.21 Å². The molecule has 0 radical (unpaired) electrons. The quantitative estimate of drug-likeness (QED) is 0.912.